The molecule has 0 unspecified atom stereocenters. The van der Waals surface area contributed by atoms with Crippen molar-refractivity contribution in [3.63, 3.8) is 0 Å². The molecule has 0 aliphatic carbocycles. The van der Waals surface area contributed by atoms with Gasteiger partial charge in [0.05, 0.1) is 5.69 Å². The number of hydrogen-bond donors (Lipinski definition) is 2. The first-order valence-electron chi connectivity index (χ1n) is 6.28. The van der Waals surface area contributed by atoms with Crippen LogP contribution in [0, 0.1) is 6.92 Å². The molecule has 0 saturated heterocycles. The zero-order chi connectivity index (χ0) is 13.2. The molecule has 3 rings (SSSR count). The number of ether oxygens (including phenoxy) is 1. The van der Waals surface area contributed by atoms with Gasteiger partial charge in [-0.1, -0.05) is 23.8 Å². The van der Waals surface area contributed by atoms with Gasteiger partial charge in [0, 0.05) is 16.6 Å². The van der Waals surface area contributed by atoms with Crippen molar-refractivity contribution in [3.05, 3.63) is 59.8 Å². The van der Waals surface area contributed by atoms with Crippen LogP contribution in [0.5, 0.6) is 5.75 Å². The number of aromatic amines is 1. The van der Waals surface area contributed by atoms with Crippen molar-refractivity contribution in [2.24, 2.45) is 0 Å². The van der Waals surface area contributed by atoms with Crippen molar-refractivity contribution < 1.29 is 4.74 Å². The largest absolute Gasteiger partial charge is 0.487 e. The monoisotopic (exact) mass is 252 g/mol. The summed E-state index contributed by atoms with van der Waals surface area (Å²) in [5, 5.41) is 1.05. The van der Waals surface area contributed by atoms with Gasteiger partial charge in [0.15, 0.2) is 0 Å². The molecule has 0 fully saturated rings. The van der Waals surface area contributed by atoms with E-state index in [-0.39, 0.29) is 0 Å². The molecule has 0 aliphatic heterocycles. The van der Waals surface area contributed by atoms with E-state index in [9.17, 15) is 0 Å². The third-order valence-electron chi connectivity index (χ3n) is 3.17. The Bertz CT molecular complexity index is 698. The standard InChI is InChI=1S/C16H16N2O/c1-11-5-7-13(8-6-11)19-10-12-9-14-15(17)3-2-4-16(14)18-12/h2-9,18H,10,17H2,1H3. The number of nitrogens with one attached hydrogen (secondary N) is 1. The van der Waals surface area contributed by atoms with Gasteiger partial charge >= 0.3 is 0 Å². The summed E-state index contributed by atoms with van der Waals surface area (Å²) >= 11 is 0. The predicted octanol–water partition coefficient (Wildman–Crippen LogP) is 3.64. The second kappa shape index (κ2) is 4.69. The van der Waals surface area contributed by atoms with E-state index in [0.29, 0.717) is 6.61 Å². The molecule has 0 bridgehead atoms. The summed E-state index contributed by atoms with van der Waals surface area (Å²) in [5.41, 5.74) is 10.0. The minimum absolute atomic E-state index is 0.511. The van der Waals surface area contributed by atoms with Crippen molar-refractivity contribution in [2.45, 2.75) is 13.5 Å². The number of aromatic nitrogens is 1. The van der Waals surface area contributed by atoms with Crippen molar-refractivity contribution in [3.8, 4) is 5.75 Å². The van der Waals surface area contributed by atoms with Crippen molar-refractivity contribution in [1.82, 2.24) is 4.98 Å². The van der Waals surface area contributed by atoms with Crippen LogP contribution in [0.2, 0.25) is 0 Å². The quantitative estimate of drug-likeness (QED) is 0.699. The molecule has 1 aromatic heterocycles. The molecular formula is C16H16N2O. The number of fused-ring (bicyclic) bond motifs is 1. The molecule has 0 saturated carbocycles. The zero-order valence-corrected chi connectivity index (χ0v) is 10.8. The molecule has 96 valence electrons. The Hall–Kier alpha value is -2.42. The average Bonchev–Trinajstić information content (AvgIpc) is 2.83. The van der Waals surface area contributed by atoms with Gasteiger partial charge in [0.1, 0.15) is 12.4 Å². The molecule has 19 heavy (non-hydrogen) atoms. The van der Waals surface area contributed by atoms with Crippen LogP contribution in [0.4, 0.5) is 5.69 Å². The molecule has 0 amide bonds. The Balaban J connectivity index is 1.78. The first-order chi connectivity index (χ1) is 9.22. The summed E-state index contributed by atoms with van der Waals surface area (Å²) in [7, 11) is 0. The van der Waals surface area contributed by atoms with E-state index in [4.69, 9.17) is 10.5 Å². The SMILES string of the molecule is Cc1ccc(OCc2cc3c(N)cccc3[nH]2)cc1. The van der Waals surface area contributed by atoms with Crippen molar-refractivity contribution >= 4 is 16.6 Å². The van der Waals surface area contributed by atoms with Gasteiger partial charge in [-0.25, -0.2) is 0 Å². The molecule has 0 spiro atoms. The molecule has 1 heterocycles. The molecule has 3 nitrogen and oxygen atoms in total. The van der Waals surface area contributed by atoms with Gasteiger partial charge in [-0.3, -0.25) is 0 Å². The molecule has 0 atom stereocenters. The third-order valence-corrected chi connectivity index (χ3v) is 3.17. The number of H-pyrrole nitrogens is 1. The second-order valence-electron chi connectivity index (χ2n) is 4.70. The van der Waals surface area contributed by atoms with Crippen LogP contribution in [0.3, 0.4) is 0 Å². The lowest BCUT2D eigenvalue weighted by atomic mass is 10.2. The summed E-state index contributed by atoms with van der Waals surface area (Å²) in [6.45, 7) is 2.57. The van der Waals surface area contributed by atoms with Crippen molar-refractivity contribution in [2.75, 3.05) is 5.73 Å². The maximum absolute atomic E-state index is 5.93. The minimum atomic E-state index is 0.511. The Morgan fingerprint density at radius 3 is 2.63 bits per heavy atom. The highest BCUT2D eigenvalue weighted by Gasteiger charge is 2.04. The first kappa shape index (κ1) is 11.7. The van der Waals surface area contributed by atoms with Crippen LogP contribution in [-0.4, -0.2) is 4.98 Å². The normalized spacial score (nSPS) is 10.8. The number of nitrogens with two attached hydrogens (primary N) is 1. The number of benzene rings is 2. The number of aryl methyl sites for hydroxylation is 1. The second-order valence-corrected chi connectivity index (χ2v) is 4.70. The van der Waals surface area contributed by atoms with Gasteiger partial charge in [0.25, 0.3) is 0 Å². The minimum Gasteiger partial charge on any atom is -0.487 e. The Labute approximate surface area is 112 Å². The van der Waals surface area contributed by atoms with Gasteiger partial charge < -0.3 is 15.5 Å². The van der Waals surface area contributed by atoms with Gasteiger partial charge in [-0.2, -0.15) is 0 Å². The molecule has 3 heteroatoms. The van der Waals surface area contributed by atoms with Crippen LogP contribution >= 0.6 is 0 Å². The fourth-order valence-corrected chi connectivity index (χ4v) is 2.11. The zero-order valence-electron chi connectivity index (χ0n) is 10.8. The van der Waals surface area contributed by atoms with E-state index in [1.54, 1.807) is 0 Å². The fourth-order valence-electron chi connectivity index (χ4n) is 2.11. The lowest BCUT2D eigenvalue weighted by molar-refractivity contribution is 0.302. The Morgan fingerprint density at radius 1 is 1.11 bits per heavy atom. The smallest absolute Gasteiger partial charge is 0.128 e. The maximum Gasteiger partial charge on any atom is 0.128 e. The summed E-state index contributed by atoms with van der Waals surface area (Å²) in [6.07, 6.45) is 0. The number of nitrogen functional groups attached to an aromatic ring is 1. The highest BCUT2D eigenvalue weighted by atomic mass is 16.5. The van der Waals surface area contributed by atoms with E-state index in [1.807, 2.05) is 48.5 Å². The lowest BCUT2D eigenvalue weighted by Gasteiger charge is -2.04. The summed E-state index contributed by atoms with van der Waals surface area (Å²) in [4.78, 5) is 3.31. The molecule has 0 aliphatic rings. The molecule has 3 aromatic rings. The van der Waals surface area contributed by atoms with Crippen LogP contribution in [0.15, 0.2) is 48.5 Å². The van der Waals surface area contributed by atoms with E-state index in [0.717, 1.165) is 28.0 Å². The van der Waals surface area contributed by atoms with E-state index in [2.05, 4.69) is 11.9 Å². The first-order valence-corrected chi connectivity index (χ1v) is 6.28. The lowest BCUT2D eigenvalue weighted by Crippen LogP contribution is -1.95. The number of hydrogen-bond acceptors (Lipinski definition) is 2. The summed E-state index contributed by atoms with van der Waals surface area (Å²) in [5.74, 6) is 0.872. The number of anilines is 1. The third kappa shape index (κ3) is 2.40. The summed E-state index contributed by atoms with van der Waals surface area (Å²) < 4.78 is 5.74. The molecular weight excluding hydrogens is 236 g/mol. The van der Waals surface area contributed by atoms with E-state index in [1.165, 1.54) is 5.56 Å². The molecule has 2 aromatic carbocycles. The van der Waals surface area contributed by atoms with Crippen LogP contribution in [0.25, 0.3) is 10.9 Å². The summed E-state index contributed by atoms with van der Waals surface area (Å²) in [6, 6.07) is 15.9. The highest BCUT2D eigenvalue weighted by molar-refractivity contribution is 5.91. The van der Waals surface area contributed by atoms with E-state index >= 15 is 0 Å². The number of rotatable bonds is 3. The predicted molar refractivity (Wildman–Crippen MR) is 78.2 cm³/mol. The highest BCUT2D eigenvalue weighted by Crippen LogP contribution is 2.22. The van der Waals surface area contributed by atoms with Crippen molar-refractivity contribution in [1.29, 1.82) is 0 Å². The maximum atomic E-state index is 5.93. The van der Waals surface area contributed by atoms with Crippen LogP contribution in [-0.2, 0) is 6.61 Å². The van der Waals surface area contributed by atoms with Gasteiger partial charge in [-0.05, 0) is 37.3 Å². The molecule has 3 N–H and O–H groups in total. The van der Waals surface area contributed by atoms with Gasteiger partial charge in [-0.15, -0.1) is 0 Å². The topological polar surface area (TPSA) is 51.0 Å². The average molecular weight is 252 g/mol. The molecule has 0 radical (unpaired) electrons. The van der Waals surface area contributed by atoms with Gasteiger partial charge in [0.2, 0.25) is 0 Å². The fraction of sp³-hybridized carbons (Fsp3) is 0.125. The Kier molecular flexibility index (Phi) is 2.88. The van der Waals surface area contributed by atoms with E-state index < -0.39 is 0 Å². The van der Waals surface area contributed by atoms with Crippen LogP contribution < -0.4 is 10.5 Å². The Morgan fingerprint density at radius 2 is 1.89 bits per heavy atom. The van der Waals surface area contributed by atoms with Crippen LogP contribution in [0.1, 0.15) is 11.3 Å².